The number of allylic oxidation sites excluding steroid dienone is 2. The van der Waals surface area contributed by atoms with Gasteiger partial charge in [-0.25, -0.2) is 0 Å². The summed E-state index contributed by atoms with van der Waals surface area (Å²) < 4.78 is 0. The first-order chi connectivity index (χ1) is 11.7. The van der Waals surface area contributed by atoms with Crippen molar-refractivity contribution in [1.82, 2.24) is 5.32 Å². The smallest absolute Gasteiger partial charge is 0.167 e. The first-order valence-electron chi connectivity index (χ1n) is 8.06. The summed E-state index contributed by atoms with van der Waals surface area (Å²) in [5, 5.41) is 3.69. The van der Waals surface area contributed by atoms with Crippen molar-refractivity contribution in [3.05, 3.63) is 96.1 Å². The van der Waals surface area contributed by atoms with Crippen LogP contribution in [-0.2, 0) is 0 Å². The lowest BCUT2D eigenvalue weighted by Crippen LogP contribution is -2.48. The van der Waals surface area contributed by atoms with Crippen molar-refractivity contribution in [3.8, 4) is 0 Å². The fourth-order valence-electron chi connectivity index (χ4n) is 3.12. The predicted molar refractivity (Wildman–Crippen MR) is 99.7 cm³/mol. The summed E-state index contributed by atoms with van der Waals surface area (Å²) >= 11 is 0. The Hall–Kier alpha value is -1.77. The van der Waals surface area contributed by atoms with Gasteiger partial charge in [-0.1, -0.05) is 85.0 Å². The molecule has 3 nitrogen and oxygen atoms in total. The van der Waals surface area contributed by atoms with E-state index in [-0.39, 0.29) is 6.04 Å². The maximum atomic E-state index is 9.65. The van der Waals surface area contributed by atoms with E-state index < -0.39 is 13.9 Å². The minimum atomic E-state index is -1.99. The molecule has 0 aromatic heterocycles. The first-order valence-corrected chi connectivity index (χ1v) is 9.49. The van der Waals surface area contributed by atoms with Gasteiger partial charge in [-0.05, 0) is 17.5 Å². The van der Waals surface area contributed by atoms with E-state index in [9.17, 15) is 9.79 Å². The van der Waals surface area contributed by atoms with Crippen molar-refractivity contribution in [1.29, 1.82) is 0 Å². The van der Waals surface area contributed by atoms with Crippen LogP contribution < -0.4 is 5.32 Å². The molecule has 1 aliphatic rings. The number of hydrogen-bond acceptors (Lipinski definition) is 3. The molecule has 0 amide bonds. The number of rotatable bonds is 6. The van der Waals surface area contributed by atoms with Gasteiger partial charge in [0, 0.05) is 11.7 Å². The van der Waals surface area contributed by atoms with Crippen LogP contribution in [0.1, 0.15) is 23.6 Å². The van der Waals surface area contributed by atoms with Gasteiger partial charge in [0.1, 0.15) is 0 Å². The molecule has 1 aliphatic carbocycles. The first kappa shape index (κ1) is 17.1. The molecule has 2 aromatic rings. The highest BCUT2D eigenvalue weighted by Gasteiger charge is 2.33. The van der Waals surface area contributed by atoms with Gasteiger partial charge in [-0.2, -0.15) is 0 Å². The van der Waals surface area contributed by atoms with Crippen molar-refractivity contribution >= 4 is 8.38 Å². The van der Waals surface area contributed by atoms with E-state index in [1.165, 1.54) is 0 Å². The molecule has 0 heterocycles. The highest BCUT2D eigenvalue weighted by atomic mass is 31.2. The van der Waals surface area contributed by atoms with E-state index in [2.05, 4.69) is 35.7 Å². The highest BCUT2D eigenvalue weighted by molar-refractivity contribution is 7.45. The number of hydrogen-bond donors (Lipinski definition) is 3. The molecule has 0 saturated heterocycles. The average Bonchev–Trinajstić information content (AvgIpc) is 2.61. The van der Waals surface area contributed by atoms with Crippen LogP contribution in [0.25, 0.3) is 0 Å². The maximum Gasteiger partial charge on any atom is 0.167 e. The standard InChI is InChI=1S/C20H22NO2P/c22-24(23)16-20(14-8-3-9-15-20)21-19(17-10-4-1-5-11-17)18-12-6-2-7-13-18/h1-14,19,21-23H,15-16H2. The van der Waals surface area contributed by atoms with Crippen molar-refractivity contribution in [2.24, 2.45) is 0 Å². The Kier molecular flexibility index (Phi) is 5.60. The monoisotopic (exact) mass is 339 g/mol. The lowest BCUT2D eigenvalue weighted by Gasteiger charge is -2.37. The van der Waals surface area contributed by atoms with E-state index in [1.54, 1.807) is 0 Å². The third-order valence-corrected chi connectivity index (χ3v) is 5.11. The third kappa shape index (κ3) is 4.19. The van der Waals surface area contributed by atoms with Crippen molar-refractivity contribution in [2.45, 2.75) is 18.0 Å². The Bertz CT molecular complexity index is 661. The molecule has 0 saturated carbocycles. The quantitative estimate of drug-likeness (QED) is 0.699. The number of nitrogens with one attached hydrogen (secondary N) is 1. The van der Waals surface area contributed by atoms with Gasteiger partial charge in [-0.15, -0.1) is 0 Å². The van der Waals surface area contributed by atoms with Gasteiger partial charge in [0.05, 0.1) is 6.04 Å². The zero-order valence-corrected chi connectivity index (χ0v) is 14.3. The van der Waals surface area contributed by atoms with Crippen molar-refractivity contribution < 1.29 is 9.79 Å². The minimum Gasteiger partial charge on any atom is -0.350 e. The summed E-state index contributed by atoms with van der Waals surface area (Å²) in [6.07, 6.45) is 9.13. The van der Waals surface area contributed by atoms with E-state index in [0.717, 1.165) is 17.5 Å². The van der Waals surface area contributed by atoms with Crippen LogP contribution in [0.3, 0.4) is 0 Å². The molecule has 1 unspecified atom stereocenters. The molecule has 124 valence electrons. The largest absolute Gasteiger partial charge is 0.350 e. The number of benzene rings is 2. The Morgan fingerprint density at radius 3 is 1.96 bits per heavy atom. The van der Waals surface area contributed by atoms with Crippen LogP contribution in [0.2, 0.25) is 0 Å². The fraction of sp³-hybridized carbons (Fsp3) is 0.200. The lowest BCUT2D eigenvalue weighted by atomic mass is 9.89. The van der Waals surface area contributed by atoms with Gasteiger partial charge in [0.2, 0.25) is 0 Å². The van der Waals surface area contributed by atoms with Crippen LogP contribution in [0.5, 0.6) is 0 Å². The summed E-state index contributed by atoms with van der Waals surface area (Å²) in [6.45, 7) is 0. The van der Waals surface area contributed by atoms with Crippen LogP contribution in [0.4, 0.5) is 0 Å². The molecule has 2 aromatic carbocycles. The maximum absolute atomic E-state index is 9.65. The molecule has 0 bridgehead atoms. The summed E-state index contributed by atoms with van der Waals surface area (Å²) in [4.78, 5) is 19.3. The Labute approximate surface area is 144 Å². The molecule has 24 heavy (non-hydrogen) atoms. The van der Waals surface area contributed by atoms with E-state index in [4.69, 9.17) is 0 Å². The van der Waals surface area contributed by atoms with Crippen LogP contribution in [0, 0.1) is 0 Å². The van der Waals surface area contributed by atoms with Crippen LogP contribution in [0.15, 0.2) is 85.0 Å². The van der Waals surface area contributed by atoms with E-state index >= 15 is 0 Å². The molecular weight excluding hydrogens is 317 g/mol. The molecule has 0 aliphatic heterocycles. The highest BCUT2D eigenvalue weighted by Crippen LogP contribution is 2.36. The molecule has 0 radical (unpaired) electrons. The predicted octanol–water partition coefficient (Wildman–Crippen LogP) is 3.92. The fourth-order valence-corrected chi connectivity index (χ4v) is 3.96. The normalized spacial score (nSPS) is 20.0. The molecule has 1 atom stereocenters. The van der Waals surface area contributed by atoms with Crippen molar-refractivity contribution in [2.75, 3.05) is 6.16 Å². The second-order valence-electron chi connectivity index (χ2n) is 6.08. The molecule has 0 spiro atoms. The van der Waals surface area contributed by atoms with Gasteiger partial charge in [0.15, 0.2) is 8.38 Å². The van der Waals surface area contributed by atoms with Gasteiger partial charge in [-0.3, -0.25) is 5.32 Å². The molecule has 3 N–H and O–H groups in total. The summed E-state index contributed by atoms with van der Waals surface area (Å²) in [5.74, 6) is 0. The molecule has 3 rings (SSSR count). The van der Waals surface area contributed by atoms with Gasteiger partial charge in [0.25, 0.3) is 0 Å². The Morgan fingerprint density at radius 1 is 0.917 bits per heavy atom. The molecular formula is C20H22NO2P. The Morgan fingerprint density at radius 2 is 1.50 bits per heavy atom. The third-order valence-electron chi connectivity index (χ3n) is 4.27. The SMILES string of the molecule is OP(O)CC1(NC(c2ccccc2)c2ccccc2)C=CC=CC1. The minimum absolute atomic E-state index is 0.0153. The second-order valence-corrected chi connectivity index (χ2v) is 7.14. The second kappa shape index (κ2) is 7.87. The average molecular weight is 339 g/mol. The Balaban J connectivity index is 1.96. The zero-order chi connectivity index (χ0) is 16.8. The zero-order valence-electron chi connectivity index (χ0n) is 13.4. The van der Waals surface area contributed by atoms with Gasteiger partial charge >= 0.3 is 0 Å². The molecule has 4 heteroatoms. The van der Waals surface area contributed by atoms with E-state index in [1.807, 2.05) is 54.6 Å². The van der Waals surface area contributed by atoms with Crippen LogP contribution >= 0.6 is 8.38 Å². The topological polar surface area (TPSA) is 52.5 Å². The van der Waals surface area contributed by atoms with Gasteiger partial charge < -0.3 is 9.79 Å². The molecule has 0 fully saturated rings. The van der Waals surface area contributed by atoms with Crippen LogP contribution in [-0.4, -0.2) is 21.5 Å². The lowest BCUT2D eigenvalue weighted by molar-refractivity contribution is 0.383. The van der Waals surface area contributed by atoms with E-state index in [0.29, 0.717) is 6.16 Å². The summed E-state index contributed by atoms with van der Waals surface area (Å²) in [5.41, 5.74) is 1.86. The summed E-state index contributed by atoms with van der Waals surface area (Å²) in [6, 6.07) is 20.5. The summed E-state index contributed by atoms with van der Waals surface area (Å²) in [7, 11) is -1.99. The van der Waals surface area contributed by atoms with Crippen molar-refractivity contribution in [3.63, 3.8) is 0 Å².